The molecule has 0 atom stereocenters. The number of nitrogens with zero attached hydrogens (tertiary/aromatic N) is 1. The monoisotopic (exact) mass is 497 g/mol. The number of thioether (sulfide) groups is 1. The van der Waals surface area contributed by atoms with Gasteiger partial charge in [0.25, 0.3) is 0 Å². The number of carbonyl (C=O) groups excluding carboxylic acids is 3. The normalized spacial score (nSPS) is 12.6. The van der Waals surface area contributed by atoms with Gasteiger partial charge in [0, 0.05) is 22.3 Å². The summed E-state index contributed by atoms with van der Waals surface area (Å²) >= 11 is 0.686. The van der Waals surface area contributed by atoms with E-state index in [0.29, 0.717) is 49.9 Å². The summed E-state index contributed by atoms with van der Waals surface area (Å²) in [6, 6.07) is 1.79. The van der Waals surface area contributed by atoms with E-state index < -0.39 is 39.7 Å². The molecule has 34 heavy (non-hydrogen) atoms. The minimum Gasteiger partial charge on any atom is -0.286 e. The van der Waals surface area contributed by atoms with Crippen LogP contribution in [0.25, 0.3) is 0 Å². The smallest absolute Gasteiger partial charge is 0.239 e. The van der Waals surface area contributed by atoms with Gasteiger partial charge in [0.1, 0.15) is 11.6 Å². The van der Waals surface area contributed by atoms with Gasteiger partial charge in [0.05, 0.1) is 10.6 Å². The van der Waals surface area contributed by atoms with Crippen LogP contribution in [0.5, 0.6) is 0 Å². The Hall–Kier alpha value is -1.76. The Morgan fingerprint density at radius 1 is 0.735 bits per heavy atom. The second kappa shape index (κ2) is 11.8. The molecule has 0 N–H and O–H groups in total. The van der Waals surface area contributed by atoms with Crippen LogP contribution in [0.4, 0.5) is 14.5 Å². The fraction of sp³-hybridized carbons (Fsp3) is 0.667. The lowest BCUT2D eigenvalue weighted by molar-refractivity contribution is -0.136. The molecule has 0 spiro atoms. The summed E-state index contributed by atoms with van der Waals surface area (Å²) in [5.41, 5.74) is -2.87. The number of anilines is 1. The molecule has 0 radical (unpaired) electrons. The third-order valence-corrected chi connectivity index (χ3v) is 7.46. The third-order valence-electron chi connectivity index (χ3n) is 6.19. The van der Waals surface area contributed by atoms with Crippen molar-refractivity contribution in [2.45, 2.75) is 106 Å². The van der Waals surface area contributed by atoms with Gasteiger partial charge in [-0.3, -0.25) is 14.4 Å². The first-order chi connectivity index (χ1) is 15.6. The largest absolute Gasteiger partial charge is 0.286 e. The number of halogens is 2. The van der Waals surface area contributed by atoms with Crippen molar-refractivity contribution in [1.82, 2.24) is 0 Å². The van der Waals surface area contributed by atoms with Gasteiger partial charge in [-0.1, -0.05) is 81.6 Å². The Balaban J connectivity index is 3.66. The van der Waals surface area contributed by atoms with E-state index in [9.17, 15) is 18.8 Å². The van der Waals surface area contributed by atoms with Crippen molar-refractivity contribution in [3.8, 4) is 0 Å². The lowest BCUT2D eigenvalue weighted by atomic mass is 9.82. The molecule has 0 saturated carbocycles. The van der Waals surface area contributed by atoms with Crippen LogP contribution in [0.15, 0.2) is 17.0 Å². The first-order valence-electron chi connectivity index (χ1n) is 12.2. The summed E-state index contributed by atoms with van der Waals surface area (Å²) in [6.45, 7) is 16.3. The topological polar surface area (TPSA) is 54.5 Å². The van der Waals surface area contributed by atoms with Crippen LogP contribution in [-0.4, -0.2) is 16.9 Å². The zero-order chi connectivity index (χ0) is 26.5. The fourth-order valence-electron chi connectivity index (χ4n) is 4.11. The Labute approximate surface area is 208 Å². The van der Waals surface area contributed by atoms with Crippen molar-refractivity contribution in [3.63, 3.8) is 0 Å². The van der Waals surface area contributed by atoms with Gasteiger partial charge in [-0.25, -0.2) is 13.7 Å². The van der Waals surface area contributed by atoms with Crippen molar-refractivity contribution >= 4 is 34.4 Å². The van der Waals surface area contributed by atoms with Crippen molar-refractivity contribution < 1.29 is 23.2 Å². The minimum atomic E-state index is -1.01. The van der Waals surface area contributed by atoms with E-state index >= 15 is 4.39 Å². The summed E-state index contributed by atoms with van der Waals surface area (Å²) < 4.78 is 29.9. The predicted molar refractivity (Wildman–Crippen MR) is 136 cm³/mol. The van der Waals surface area contributed by atoms with Gasteiger partial charge < -0.3 is 0 Å². The van der Waals surface area contributed by atoms with E-state index in [-0.39, 0.29) is 15.7 Å². The van der Waals surface area contributed by atoms with Crippen LogP contribution in [-0.2, 0) is 14.4 Å². The summed E-state index contributed by atoms with van der Waals surface area (Å²) in [5, 5.41) is -0.257. The molecule has 0 unspecified atom stereocenters. The van der Waals surface area contributed by atoms with Crippen LogP contribution >= 0.6 is 11.8 Å². The van der Waals surface area contributed by atoms with E-state index in [1.165, 1.54) is 0 Å². The zero-order valence-corrected chi connectivity index (χ0v) is 23.0. The van der Waals surface area contributed by atoms with E-state index in [1.54, 1.807) is 41.5 Å². The number of benzene rings is 1. The highest BCUT2D eigenvalue weighted by atomic mass is 32.2. The average molecular weight is 498 g/mol. The van der Waals surface area contributed by atoms with Crippen molar-refractivity contribution in [2.75, 3.05) is 4.90 Å². The van der Waals surface area contributed by atoms with Crippen molar-refractivity contribution in [1.29, 1.82) is 0 Å². The summed E-state index contributed by atoms with van der Waals surface area (Å²) in [5.74, 6) is -2.99. The Kier molecular flexibility index (Phi) is 10.5. The molecule has 0 aromatic heterocycles. The summed E-state index contributed by atoms with van der Waals surface area (Å²) in [7, 11) is 0. The summed E-state index contributed by atoms with van der Waals surface area (Å²) in [4.78, 5) is 40.9. The molecular formula is C27H41F2NO3S. The number of rotatable bonds is 11. The highest BCUT2D eigenvalue weighted by Gasteiger charge is 2.42. The number of carbonyl (C=O) groups is 3. The molecule has 0 fully saturated rings. The summed E-state index contributed by atoms with van der Waals surface area (Å²) in [6.07, 6.45) is 3.80. The lowest BCUT2D eigenvalue weighted by Gasteiger charge is -2.35. The van der Waals surface area contributed by atoms with Crippen molar-refractivity contribution in [3.05, 3.63) is 23.8 Å². The quantitative estimate of drug-likeness (QED) is 0.291. The van der Waals surface area contributed by atoms with Crippen LogP contribution in [0, 0.1) is 27.9 Å². The molecule has 0 saturated heterocycles. The molecule has 0 heterocycles. The van der Waals surface area contributed by atoms with E-state index in [1.807, 2.05) is 20.8 Å². The maximum Gasteiger partial charge on any atom is 0.239 e. The Morgan fingerprint density at radius 3 is 1.56 bits per heavy atom. The predicted octanol–water partition coefficient (Wildman–Crippen LogP) is 7.92. The number of amides is 2. The van der Waals surface area contributed by atoms with Crippen molar-refractivity contribution in [2.24, 2.45) is 16.2 Å². The molecule has 4 nitrogen and oxygen atoms in total. The molecule has 2 amide bonds. The second-order valence-corrected chi connectivity index (χ2v) is 12.0. The van der Waals surface area contributed by atoms with Gasteiger partial charge in [0.2, 0.25) is 11.8 Å². The van der Waals surface area contributed by atoms with Crippen LogP contribution in [0.1, 0.15) is 101 Å². The first-order valence-corrected chi connectivity index (χ1v) is 13.0. The van der Waals surface area contributed by atoms with Crippen LogP contribution in [0.2, 0.25) is 0 Å². The molecule has 1 rings (SSSR count). The SMILES string of the molecule is CCCC(C)(C)C(=O)Sc1cc(N(C(=O)C(C)(C)CCC)C(=O)C(C)(C)CCC)c(F)cc1F. The lowest BCUT2D eigenvalue weighted by Crippen LogP contribution is -2.50. The highest BCUT2D eigenvalue weighted by Crippen LogP contribution is 2.39. The zero-order valence-electron chi connectivity index (χ0n) is 22.2. The van der Waals surface area contributed by atoms with Gasteiger partial charge in [-0.15, -0.1) is 0 Å². The molecule has 0 aliphatic heterocycles. The maximum absolute atomic E-state index is 15.2. The average Bonchev–Trinajstić information content (AvgIpc) is 2.70. The molecular weight excluding hydrogens is 456 g/mol. The fourth-order valence-corrected chi connectivity index (χ4v) is 5.02. The maximum atomic E-state index is 15.2. The molecule has 0 bridgehead atoms. The Bertz CT molecular complexity index is 879. The highest BCUT2D eigenvalue weighted by molar-refractivity contribution is 8.13. The van der Waals surface area contributed by atoms with E-state index in [4.69, 9.17) is 0 Å². The standard InChI is InChI=1S/C27H41F2NO3S/c1-10-13-25(4,5)22(31)30(23(32)26(6,7)14-11-2)20-17-21(19(29)16-18(20)28)34-24(33)27(8,9)15-12-3/h16-17H,10-15H2,1-9H3. The number of imide groups is 1. The molecule has 1 aromatic carbocycles. The van der Waals surface area contributed by atoms with Gasteiger partial charge >= 0.3 is 0 Å². The minimum absolute atomic E-state index is 0.0993. The van der Waals surface area contributed by atoms with Crippen LogP contribution < -0.4 is 4.90 Å². The van der Waals surface area contributed by atoms with Gasteiger partial charge in [-0.05, 0) is 37.1 Å². The third kappa shape index (κ3) is 7.12. The van der Waals surface area contributed by atoms with E-state index in [2.05, 4.69) is 0 Å². The first kappa shape index (κ1) is 30.3. The number of hydrogen-bond donors (Lipinski definition) is 0. The molecule has 0 aliphatic rings. The van der Waals surface area contributed by atoms with Gasteiger partial charge in [-0.2, -0.15) is 0 Å². The van der Waals surface area contributed by atoms with Gasteiger partial charge in [0.15, 0.2) is 5.12 Å². The molecule has 0 aliphatic carbocycles. The molecule has 7 heteroatoms. The number of hydrogen-bond acceptors (Lipinski definition) is 4. The molecule has 1 aromatic rings. The molecule has 192 valence electrons. The second-order valence-electron chi connectivity index (χ2n) is 11.0. The van der Waals surface area contributed by atoms with Crippen LogP contribution in [0.3, 0.4) is 0 Å². The Morgan fingerprint density at radius 2 is 1.15 bits per heavy atom. The van der Waals surface area contributed by atoms with E-state index in [0.717, 1.165) is 17.4 Å².